The van der Waals surface area contributed by atoms with E-state index in [4.69, 9.17) is 16.3 Å². The molecule has 1 heterocycles. The van der Waals surface area contributed by atoms with Crippen LogP contribution in [0.4, 0.5) is 5.69 Å². The van der Waals surface area contributed by atoms with Crippen LogP contribution in [0.5, 0.6) is 5.75 Å². The van der Waals surface area contributed by atoms with Gasteiger partial charge in [0.25, 0.3) is 11.8 Å². The first-order valence-electron chi connectivity index (χ1n) is 8.70. The molecule has 0 radical (unpaired) electrons. The molecule has 3 rings (SSSR count). The summed E-state index contributed by atoms with van der Waals surface area (Å²) in [5.41, 5.74) is 1.32. The molecular weight excluding hydrogens is 366 g/mol. The van der Waals surface area contributed by atoms with Gasteiger partial charge in [-0.3, -0.25) is 9.59 Å². The van der Waals surface area contributed by atoms with Gasteiger partial charge in [0.05, 0.1) is 18.4 Å². The molecule has 0 spiro atoms. The predicted molar refractivity (Wildman–Crippen MR) is 106 cm³/mol. The van der Waals surface area contributed by atoms with Crippen molar-refractivity contribution in [2.45, 2.75) is 0 Å². The maximum Gasteiger partial charge on any atom is 0.256 e. The number of nitrogens with zero attached hydrogens (tertiary/aromatic N) is 2. The average Bonchev–Trinajstić information content (AvgIpc) is 2.69. The first kappa shape index (κ1) is 19.2. The Hall–Kier alpha value is -2.57. The van der Waals surface area contributed by atoms with Gasteiger partial charge in [0, 0.05) is 36.8 Å². The zero-order valence-electron chi connectivity index (χ0n) is 15.4. The standard InChI is InChI=1S/C20H22ClN3O3/c1-23-9-11-24(12-10-23)20(26)17-13-15(21)5-8-18(17)22-19(25)14-3-6-16(27-2)7-4-14/h3-8,13H,9-12H2,1-2H3,(H,22,25). The van der Waals surface area contributed by atoms with Crippen molar-refractivity contribution in [2.75, 3.05) is 45.7 Å². The summed E-state index contributed by atoms with van der Waals surface area (Å²) in [5, 5.41) is 3.28. The molecule has 2 aromatic carbocycles. The number of rotatable bonds is 4. The Kier molecular flexibility index (Phi) is 5.98. The fourth-order valence-electron chi connectivity index (χ4n) is 2.92. The molecule has 7 heteroatoms. The third-order valence-electron chi connectivity index (χ3n) is 4.60. The highest BCUT2D eigenvalue weighted by Crippen LogP contribution is 2.24. The minimum atomic E-state index is -0.299. The lowest BCUT2D eigenvalue weighted by molar-refractivity contribution is 0.0665. The molecular formula is C20H22ClN3O3. The van der Waals surface area contributed by atoms with Crippen LogP contribution >= 0.6 is 11.6 Å². The third kappa shape index (κ3) is 4.59. The number of piperazine rings is 1. The van der Waals surface area contributed by atoms with Crippen LogP contribution < -0.4 is 10.1 Å². The molecule has 0 saturated carbocycles. The number of benzene rings is 2. The fourth-order valence-corrected chi connectivity index (χ4v) is 3.09. The average molecular weight is 388 g/mol. The predicted octanol–water partition coefficient (Wildman–Crippen LogP) is 2.99. The number of carbonyl (C=O) groups excluding carboxylic acids is 2. The van der Waals surface area contributed by atoms with E-state index in [2.05, 4.69) is 10.2 Å². The minimum Gasteiger partial charge on any atom is -0.497 e. The normalized spacial score (nSPS) is 14.7. The molecule has 27 heavy (non-hydrogen) atoms. The molecule has 142 valence electrons. The van der Waals surface area contributed by atoms with E-state index in [0.29, 0.717) is 40.7 Å². The molecule has 1 N–H and O–H groups in total. The Labute approximate surface area is 163 Å². The Bertz CT molecular complexity index is 831. The minimum absolute atomic E-state index is 0.129. The second-order valence-corrected chi connectivity index (χ2v) is 6.90. The maximum atomic E-state index is 13.0. The number of likely N-dealkylation sites (N-methyl/N-ethyl adjacent to an activating group) is 1. The lowest BCUT2D eigenvalue weighted by Crippen LogP contribution is -2.47. The number of amides is 2. The zero-order valence-corrected chi connectivity index (χ0v) is 16.1. The Morgan fingerprint density at radius 1 is 1.04 bits per heavy atom. The van der Waals surface area contributed by atoms with E-state index in [9.17, 15) is 9.59 Å². The SMILES string of the molecule is COc1ccc(C(=O)Nc2ccc(Cl)cc2C(=O)N2CCN(C)CC2)cc1. The molecule has 6 nitrogen and oxygen atoms in total. The van der Waals surface area contributed by atoms with Gasteiger partial charge in [0.2, 0.25) is 0 Å². The van der Waals surface area contributed by atoms with Gasteiger partial charge in [-0.2, -0.15) is 0 Å². The van der Waals surface area contributed by atoms with Gasteiger partial charge in [0.15, 0.2) is 0 Å². The van der Waals surface area contributed by atoms with Crippen molar-refractivity contribution in [3.05, 3.63) is 58.6 Å². The van der Waals surface area contributed by atoms with Crippen molar-refractivity contribution < 1.29 is 14.3 Å². The number of nitrogens with one attached hydrogen (secondary N) is 1. The summed E-state index contributed by atoms with van der Waals surface area (Å²) in [6.07, 6.45) is 0. The molecule has 1 aliphatic heterocycles. The number of anilines is 1. The van der Waals surface area contributed by atoms with Gasteiger partial charge >= 0.3 is 0 Å². The highest BCUT2D eigenvalue weighted by molar-refractivity contribution is 6.31. The van der Waals surface area contributed by atoms with Crippen molar-refractivity contribution in [2.24, 2.45) is 0 Å². The molecule has 1 saturated heterocycles. The quantitative estimate of drug-likeness (QED) is 0.876. The van der Waals surface area contributed by atoms with E-state index in [0.717, 1.165) is 13.1 Å². The van der Waals surface area contributed by atoms with E-state index < -0.39 is 0 Å². The van der Waals surface area contributed by atoms with Crippen LogP contribution in [0.15, 0.2) is 42.5 Å². The summed E-state index contributed by atoms with van der Waals surface area (Å²) in [6.45, 7) is 2.93. The van der Waals surface area contributed by atoms with Crippen LogP contribution in [0.1, 0.15) is 20.7 Å². The number of halogens is 1. The summed E-state index contributed by atoms with van der Waals surface area (Å²) in [5.74, 6) is 0.243. The van der Waals surface area contributed by atoms with Crippen LogP contribution in [0.3, 0.4) is 0 Å². The molecule has 0 aliphatic carbocycles. The highest BCUT2D eigenvalue weighted by Gasteiger charge is 2.23. The second kappa shape index (κ2) is 8.41. The fraction of sp³-hybridized carbons (Fsp3) is 0.300. The van der Waals surface area contributed by atoms with Crippen LogP contribution in [0, 0.1) is 0 Å². The van der Waals surface area contributed by atoms with Crippen LogP contribution in [0.2, 0.25) is 5.02 Å². The summed E-state index contributed by atoms with van der Waals surface area (Å²) in [6, 6.07) is 11.7. The lowest BCUT2D eigenvalue weighted by Gasteiger charge is -2.32. The maximum absolute atomic E-state index is 13.0. The summed E-state index contributed by atoms with van der Waals surface area (Å²) >= 11 is 6.10. The van der Waals surface area contributed by atoms with Gasteiger partial charge in [-0.15, -0.1) is 0 Å². The summed E-state index contributed by atoms with van der Waals surface area (Å²) < 4.78 is 5.11. The number of hydrogen-bond acceptors (Lipinski definition) is 4. The van der Waals surface area contributed by atoms with Crippen molar-refractivity contribution in [1.82, 2.24) is 9.80 Å². The Morgan fingerprint density at radius 2 is 1.70 bits per heavy atom. The van der Waals surface area contributed by atoms with Gasteiger partial charge in [-0.1, -0.05) is 11.6 Å². The monoisotopic (exact) mass is 387 g/mol. The van der Waals surface area contributed by atoms with Crippen LogP contribution in [-0.2, 0) is 0 Å². The topological polar surface area (TPSA) is 61.9 Å². The lowest BCUT2D eigenvalue weighted by atomic mass is 10.1. The van der Waals surface area contributed by atoms with Crippen molar-refractivity contribution in [3.63, 3.8) is 0 Å². The number of hydrogen-bond donors (Lipinski definition) is 1. The van der Waals surface area contributed by atoms with E-state index in [-0.39, 0.29) is 11.8 Å². The molecule has 2 amide bonds. The Balaban J connectivity index is 1.80. The Morgan fingerprint density at radius 3 is 2.33 bits per heavy atom. The molecule has 2 aromatic rings. The number of carbonyl (C=O) groups is 2. The molecule has 1 fully saturated rings. The molecule has 1 aliphatic rings. The van der Waals surface area contributed by atoms with Gasteiger partial charge < -0.3 is 19.9 Å². The molecule has 0 aromatic heterocycles. The zero-order chi connectivity index (χ0) is 19.4. The van der Waals surface area contributed by atoms with E-state index >= 15 is 0 Å². The van der Waals surface area contributed by atoms with Crippen molar-refractivity contribution in [1.29, 1.82) is 0 Å². The van der Waals surface area contributed by atoms with Crippen molar-refractivity contribution in [3.8, 4) is 5.75 Å². The highest BCUT2D eigenvalue weighted by atomic mass is 35.5. The largest absolute Gasteiger partial charge is 0.497 e. The smallest absolute Gasteiger partial charge is 0.256 e. The van der Waals surface area contributed by atoms with E-state index in [1.807, 2.05) is 7.05 Å². The van der Waals surface area contributed by atoms with Gasteiger partial charge in [-0.25, -0.2) is 0 Å². The molecule has 0 bridgehead atoms. The summed E-state index contributed by atoms with van der Waals surface area (Å²) in [4.78, 5) is 29.5. The van der Waals surface area contributed by atoms with Gasteiger partial charge in [0.1, 0.15) is 5.75 Å². The number of methoxy groups -OCH3 is 1. The third-order valence-corrected chi connectivity index (χ3v) is 4.84. The van der Waals surface area contributed by atoms with Gasteiger partial charge in [-0.05, 0) is 49.5 Å². The summed E-state index contributed by atoms with van der Waals surface area (Å²) in [7, 11) is 3.60. The van der Waals surface area contributed by atoms with E-state index in [1.54, 1.807) is 54.5 Å². The second-order valence-electron chi connectivity index (χ2n) is 6.47. The first-order chi connectivity index (χ1) is 13.0. The van der Waals surface area contributed by atoms with E-state index in [1.165, 1.54) is 0 Å². The first-order valence-corrected chi connectivity index (χ1v) is 9.08. The van der Waals surface area contributed by atoms with Crippen molar-refractivity contribution >= 4 is 29.1 Å². The van der Waals surface area contributed by atoms with Crippen LogP contribution in [0.25, 0.3) is 0 Å². The number of ether oxygens (including phenoxy) is 1. The molecule has 0 atom stereocenters. The van der Waals surface area contributed by atoms with Crippen LogP contribution in [-0.4, -0.2) is 62.0 Å². The molecule has 0 unspecified atom stereocenters.